The van der Waals surface area contributed by atoms with E-state index in [9.17, 15) is 0 Å². The van der Waals surface area contributed by atoms with Crippen LogP contribution in [0.25, 0.3) is 0 Å². The molecule has 0 aliphatic carbocycles. The first-order valence-corrected chi connectivity index (χ1v) is 6.12. The fourth-order valence-corrected chi connectivity index (χ4v) is 2.58. The van der Waals surface area contributed by atoms with Gasteiger partial charge in [0.15, 0.2) is 0 Å². The molecular weight excluding hydrogens is 216 g/mol. The van der Waals surface area contributed by atoms with Crippen LogP contribution in [0.2, 0.25) is 0 Å². The van der Waals surface area contributed by atoms with Crippen LogP contribution >= 0.6 is 0 Å². The first-order chi connectivity index (χ1) is 8.15. The number of nitrogens with zero attached hydrogens (tertiary/aromatic N) is 3. The van der Waals surface area contributed by atoms with Crippen LogP contribution < -0.4 is 5.73 Å². The normalized spacial score (nSPS) is 25.6. The van der Waals surface area contributed by atoms with Crippen LogP contribution in [0.5, 0.6) is 0 Å². The Kier molecular flexibility index (Phi) is 3.81. The number of nitrogens with two attached hydrogens (primary N) is 1. The van der Waals surface area contributed by atoms with Gasteiger partial charge >= 0.3 is 0 Å². The molecule has 0 amide bonds. The molecule has 1 aromatic heterocycles. The summed E-state index contributed by atoms with van der Waals surface area (Å²) >= 11 is 0. The van der Waals surface area contributed by atoms with E-state index >= 15 is 0 Å². The predicted octanol–water partition coefficient (Wildman–Crippen LogP) is 0.449. The summed E-state index contributed by atoms with van der Waals surface area (Å²) in [6.07, 6.45) is 2.99. The minimum Gasteiger partial charge on any atom is -0.383 e. The lowest BCUT2D eigenvalue weighted by molar-refractivity contribution is 0.139. The van der Waals surface area contributed by atoms with Gasteiger partial charge in [-0.15, -0.1) is 0 Å². The van der Waals surface area contributed by atoms with Gasteiger partial charge < -0.3 is 10.5 Å². The lowest BCUT2D eigenvalue weighted by atomic mass is 10.0. The summed E-state index contributed by atoms with van der Waals surface area (Å²) in [4.78, 5) is 2.40. The summed E-state index contributed by atoms with van der Waals surface area (Å²) in [7, 11) is 3.71. The van der Waals surface area contributed by atoms with Crippen molar-refractivity contribution in [3.63, 3.8) is 0 Å². The van der Waals surface area contributed by atoms with Gasteiger partial charge in [-0.1, -0.05) is 0 Å². The van der Waals surface area contributed by atoms with E-state index in [-0.39, 0.29) is 6.04 Å². The number of hydrogen-bond donors (Lipinski definition) is 1. The molecule has 96 valence electrons. The van der Waals surface area contributed by atoms with Gasteiger partial charge in [-0.2, -0.15) is 5.10 Å². The topological polar surface area (TPSA) is 56.3 Å². The molecule has 2 atom stereocenters. The molecule has 2 N–H and O–H groups in total. The highest BCUT2D eigenvalue weighted by atomic mass is 16.5. The van der Waals surface area contributed by atoms with Crippen LogP contribution in [-0.2, 0) is 11.8 Å². The summed E-state index contributed by atoms with van der Waals surface area (Å²) in [6, 6.07) is 0.494. The van der Waals surface area contributed by atoms with Crippen molar-refractivity contribution in [3.05, 3.63) is 17.5 Å². The zero-order valence-electron chi connectivity index (χ0n) is 10.9. The van der Waals surface area contributed by atoms with Crippen molar-refractivity contribution < 1.29 is 4.74 Å². The molecule has 0 spiro atoms. The van der Waals surface area contributed by atoms with Crippen molar-refractivity contribution in [1.82, 2.24) is 14.7 Å². The van der Waals surface area contributed by atoms with Crippen LogP contribution in [0.4, 0.5) is 0 Å². The van der Waals surface area contributed by atoms with Gasteiger partial charge in [0.25, 0.3) is 0 Å². The van der Waals surface area contributed by atoms with Crippen molar-refractivity contribution in [2.24, 2.45) is 12.8 Å². The predicted molar refractivity (Wildman–Crippen MR) is 66.7 cm³/mol. The molecule has 1 saturated heterocycles. The highest BCUT2D eigenvalue weighted by Gasteiger charge is 2.34. The molecule has 17 heavy (non-hydrogen) atoms. The summed E-state index contributed by atoms with van der Waals surface area (Å²) in [5, 5.41) is 4.31. The second-order valence-corrected chi connectivity index (χ2v) is 4.74. The number of ether oxygens (including phenoxy) is 1. The van der Waals surface area contributed by atoms with Gasteiger partial charge in [0, 0.05) is 44.5 Å². The zero-order chi connectivity index (χ0) is 12.4. The Morgan fingerprint density at radius 2 is 2.35 bits per heavy atom. The first kappa shape index (κ1) is 12.5. The number of likely N-dealkylation sites (tertiary alicyclic amines) is 1. The van der Waals surface area contributed by atoms with Gasteiger partial charge in [0.2, 0.25) is 0 Å². The first-order valence-electron chi connectivity index (χ1n) is 6.12. The van der Waals surface area contributed by atoms with Gasteiger partial charge in [0.05, 0.1) is 18.8 Å². The van der Waals surface area contributed by atoms with Crippen LogP contribution in [0.15, 0.2) is 6.20 Å². The summed E-state index contributed by atoms with van der Waals surface area (Å²) in [6.45, 7) is 4.83. The molecule has 2 unspecified atom stereocenters. The van der Waals surface area contributed by atoms with Crippen LogP contribution in [0.3, 0.4) is 0 Å². The smallest absolute Gasteiger partial charge is 0.0589 e. The number of methoxy groups -OCH3 is 1. The third-order valence-corrected chi connectivity index (χ3v) is 3.72. The van der Waals surface area contributed by atoms with E-state index in [0.717, 1.165) is 26.1 Å². The van der Waals surface area contributed by atoms with Gasteiger partial charge in [-0.05, 0) is 13.3 Å². The standard InChI is InChI=1S/C12H22N4O/c1-9-10(8-14-15(9)2)12-11(13)4-5-16(12)6-7-17-3/h8,11-12H,4-7,13H2,1-3H3. The second kappa shape index (κ2) is 5.16. The van der Waals surface area contributed by atoms with Crippen LogP contribution in [0, 0.1) is 6.92 Å². The van der Waals surface area contributed by atoms with Crippen LogP contribution in [0.1, 0.15) is 23.7 Å². The molecule has 0 radical (unpaired) electrons. The Morgan fingerprint density at radius 3 is 2.94 bits per heavy atom. The Morgan fingerprint density at radius 1 is 1.59 bits per heavy atom. The maximum Gasteiger partial charge on any atom is 0.0589 e. The molecule has 1 aliphatic rings. The second-order valence-electron chi connectivity index (χ2n) is 4.74. The maximum absolute atomic E-state index is 6.23. The largest absolute Gasteiger partial charge is 0.383 e. The average molecular weight is 238 g/mol. The third-order valence-electron chi connectivity index (χ3n) is 3.72. The Bertz CT molecular complexity index is 377. The Hall–Kier alpha value is -0.910. The fraction of sp³-hybridized carbons (Fsp3) is 0.750. The van der Waals surface area contributed by atoms with E-state index in [0.29, 0.717) is 6.04 Å². The molecule has 2 heterocycles. The monoisotopic (exact) mass is 238 g/mol. The fourth-order valence-electron chi connectivity index (χ4n) is 2.58. The highest BCUT2D eigenvalue weighted by molar-refractivity contribution is 5.23. The molecule has 5 heteroatoms. The molecule has 5 nitrogen and oxygen atoms in total. The minimum atomic E-state index is 0.203. The number of aromatic nitrogens is 2. The average Bonchev–Trinajstić information content (AvgIpc) is 2.82. The molecule has 1 aliphatic heterocycles. The number of aryl methyl sites for hydroxylation is 1. The van der Waals surface area contributed by atoms with E-state index in [1.54, 1.807) is 7.11 Å². The van der Waals surface area contributed by atoms with Gasteiger partial charge in [0.1, 0.15) is 0 Å². The third kappa shape index (κ3) is 2.36. The number of rotatable bonds is 4. The van der Waals surface area contributed by atoms with E-state index in [2.05, 4.69) is 16.9 Å². The summed E-state index contributed by atoms with van der Waals surface area (Å²) in [5.74, 6) is 0. The maximum atomic E-state index is 6.23. The SMILES string of the molecule is COCCN1CCC(N)C1c1cnn(C)c1C. The molecule has 0 saturated carbocycles. The van der Waals surface area contributed by atoms with E-state index < -0.39 is 0 Å². The molecule has 0 aromatic carbocycles. The highest BCUT2D eigenvalue weighted by Crippen LogP contribution is 2.32. The van der Waals surface area contributed by atoms with Crippen molar-refractivity contribution in [3.8, 4) is 0 Å². The molecular formula is C12H22N4O. The Labute approximate surface area is 103 Å². The van der Waals surface area contributed by atoms with E-state index in [4.69, 9.17) is 10.5 Å². The molecule has 1 aromatic rings. The molecule has 0 bridgehead atoms. The minimum absolute atomic E-state index is 0.203. The Balaban J connectivity index is 2.18. The van der Waals surface area contributed by atoms with Crippen molar-refractivity contribution in [2.75, 3.05) is 26.8 Å². The van der Waals surface area contributed by atoms with E-state index in [1.165, 1.54) is 11.3 Å². The molecule has 2 rings (SSSR count). The van der Waals surface area contributed by atoms with Crippen molar-refractivity contribution in [2.45, 2.75) is 25.4 Å². The quantitative estimate of drug-likeness (QED) is 0.827. The van der Waals surface area contributed by atoms with Crippen molar-refractivity contribution >= 4 is 0 Å². The number of hydrogen-bond acceptors (Lipinski definition) is 4. The lowest BCUT2D eigenvalue weighted by Crippen LogP contribution is -2.34. The summed E-state index contributed by atoms with van der Waals surface area (Å²) < 4.78 is 7.07. The van der Waals surface area contributed by atoms with Gasteiger partial charge in [-0.25, -0.2) is 0 Å². The van der Waals surface area contributed by atoms with E-state index in [1.807, 2.05) is 17.9 Å². The van der Waals surface area contributed by atoms with Crippen molar-refractivity contribution in [1.29, 1.82) is 0 Å². The lowest BCUT2D eigenvalue weighted by Gasteiger charge is -2.26. The molecule has 1 fully saturated rings. The summed E-state index contributed by atoms with van der Waals surface area (Å²) in [5.41, 5.74) is 8.69. The van der Waals surface area contributed by atoms with Crippen LogP contribution in [-0.4, -0.2) is 47.5 Å². The zero-order valence-corrected chi connectivity index (χ0v) is 10.9. The van der Waals surface area contributed by atoms with Gasteiger partial charge in [-0.3, -0.25) is 9.58 Å².